The molecule has 0 spiro atoms. The van der Waals surface area contributed by atoms with Crippen LogP contribution in [0, 0.1) is 0 Å². The minimum Gasteiger partial charge on any atom is -0.508 e. The second-order valence-corrected chi connectivity index (χ2v) is 5.57. The van der Waals surface area contributed by atoms with E-state index < -0.39 is 0 Å². The zero-order chi connectivity index (χ0) is 16.5. The number of phenolic OH excluding ortho intramolecular Hbond substituents is 1. The second kappa shape index (κ2) is 5.66. The van der Waals surface area contributed by atoms with Gasteiger partial charge in [0.25, 0.3) is 0 Å². The van der Waals surface area contributed by atoms with Crippen molar-refractivity contribution in [3.63, 3.8) is 0 Å². The fraction of sp³-hybridized carbons (Fsp3) is 0. The van der Waals surface area contributed by atoms with Crippen molar-refractivity contribution in [3.05, 3.63) is 84.2 Å². The number of benzene rings is 2. The molecule has 0 amide bonds. The first-order valence-corrected chi connectivity index (χ1v) is 7.58. The number of carbonyl (C=O) groups excluding carboxylic acids is 1. The summed E-state index contributed by atoms with van der Waals surface area (Å²) in [5.41, 5.74) is 3.59. The largest absolute Gasteiger partial charge is 0.508 e. The lowest BCUT2D eigenvalue weighted by Crippen LogP contribution is -1.99. The van der Waals surface area contributed by atoms with Crippen LogP contribution < -0.4 is 0 Å². The fourth-order valence-corrected chi connectivity index (χ4v) is 2.78. The molecule has 0 aliphatic rings. The topological polar surface area (TPSA) is 66.0 Å². The van der Waals surface area contributed by atoms with Crippen molar-refractivity contribution in [2.24, 2.45) is 0 Å². The molecule has 4 heteroatoms. The molecule has 0 unspecified atom stereocenters. The third-order valence-corrected chi connectivity index (χ3v) is 3.99. The highest BCUT2D eigenvalue weighted by molar-refractivity contribution is 6.16. The van der Waals surface area contributed by atoms with E-state index in [9.17, 15) is 9.90 Å². The van der Waals surface area contributed by atoms with Crippen molar-refractivity contribution in [1.29, 1.82) is 0 Å². The Kier molecular flexibility index (Phi) is 3.35. The maximum absolute atomic E-state index is 12.7. The van der Waals surface area contributed by atoms with Crippen molar-refractivity contribution in [2.45, 2.75) is 0 Å². The van der Waals surface area contributed by atoms with Gasteiger partial charge < -0.3 is 10.1 Å². The third kappa shape index (κ3) is 2.44. The van der Waals surface area contributed by atoms with Crippen molar-refractivity contribution in [1.82, 2.24) is 9.97 Å². The Morgan fingerprint density at radius 3 is 2.58 bits per heavy atom. The molecule has 4 nitrogen and oxygen atoms in total. The van der Waals surface area contributed by atoms with E-state index >= 15 is 0 Å². The number of phenols is 1. The summed E-state index contributed by atoms with van der Waals surface area (Å²) in [7, 11) is 0. The van der Waals surface area contributed by atoms with E-state index in [0.717, 1.165) is 16.5 Å². The Balaban J connectivity index is 1.84. The SMILES string of the molecule is O=C(c1ccccc1)c1c[nH]c2ncc(-c3cccc(O)c3)cc12. The number of ketones is 1. The van der Waals surface area contributed by atoms with Crippen LogP contribution in [0.15, 0.2) is 73.1 Å². The highest BCUT2D eigenvalue weighted by atomic mass is 16.3. The lowest BCUT2D eigenvalue weighted by atomic mass is 10.0. The van der Waals surface area contributed by atoms with Crippen LogP contribution in [0.4, 0.5) is 0 Å². The van der Waals surface area contributed by atoms with Crippen LogP contribution in [0.3, 0.4) is 0 Å². The van der Waals surface area contributed by atoms with E-state index in [0.29, 0.717) is 16.8 Å². The molecular weight excluding hydrogens is 300 g/mol. The van der Waals surface area contributed by atoms with Crippen molar-refractivity contribution < 1.29 is 9.90 Å². The van der Waals surface area contributed by atoms with Crippen LogP contribution in [0.5, 0.6) is 5.75 Å². The Hall–Kier alpha value is -3.40. The van der Waals surface area contributed by atoms with Gasteiger partial charge in [0, 0.05) is 34.5 Å². The molecule has 0 aliphatic heterocycles. The number of aromatic nitrogens is 2. The van der Waals surface area contributed by atoms with Crippen molar-refractivity contribution >= 4 is 16.8 Å². The highest BCUT2D eigenvalue weighted by Gasteiger charge is 2.15. The number of fused-ring (bicyclic) bond motifs is 1. The molecular formula is C20H14N2O2. The van der Waals surface area contributed by atoms with Gasteiger partial charge in [-0.1, -0.05) is 42.5 Å². The van der Waals surface area contributed by atoms with Crippen molar-refractivity contribution in [2.75, 3.05) is 0 Å². The average Bonchev–Trinajstić information content (AvgIpc) is 3.05. The number of carbonyl (C=O) groups is 1. The number of hydrogen-bond acceptors (Lipinski definition) is 3. The summed E-state index contributed by atoms with van der Waals surface area (Å²) < 4.78 is 0. The zero-order valence-corrected chi connectivity index (χ0v) is 12.7. The molecule has 116 valence electrons. The standard InChI is InChI=1S/C20H14N2O2/c23-16-8-4-7-14(9-16)15-10-17-18(12-22-20(17)21-11-15)19(24)13-5-2-1-3-6-13/h1-12,23H,(H,21,22). The molecule has 0 fully saturated rings. The molecule has 0 saturated carbocycles. The predicted octanol–water partition coefficient (Wildman–Crippen LogP) is 4.17. The number of nitrogens with one attached hydrogen (secondary N) is 1. The molecule has 0 aliphatic carbocycles. The van der Waals surface area contributed by atoms with Gasteiger partial charge in [0.05, 0.1) is 0 Å². The van der Waals surface area contributed by atoms with E-state index in [2.05, 4.69) is 9.97 Å². The number of hydrogen-bond donors (Lipinski definition) is 2. The summed E-state index contributed by atoms with van der Waals surface area (Å²) in [6, 6.07) is 18.1. The summed E-state index contributed by atoms with van der Waals surface area (Å²) in [4.78, 5) is 20.2. The van der Waals surface area contributed by atoms with E-state index in [1.165, 1.54) is 0 Å². The molecule has 24 heavy (non-hydrogen) atoms. The first-order chi connectivity index (χ1) is 11.7. The van der Waals surface area contributed by atoms with Crippen LogP contribution >= 0.6 is 0 Å². The summed E-state index contributed by atoms with van der Waals surface area (Å²) in [5.74, 6) is 0.152. The van der Waals surface area contributed by atoms with Gasteiger partial charge in [-0.3, -0.25) is 4.79 Å². The van der Waals surface area contributed by atoms with Gasteiger partial charge >= 0.3 is 0 Å². The van der Waals surface area contributed by atoms with Gasteiger partial charge in [0.2, 0.25) is 0 Å². The van der Waals surface area contributed by atoms with Crippen LogP contribution in [0.1, 0.15) is 15.9 Å². The molecule has 2 heterocycles. The lowest BCUT2D eigenvalue weighted by molar-refractivity contribution is 0.104. The maximum atomic E-state index is 12.7. The van der Waals surface area contributed by atoms with Crippen molar-refractivity contribution in [3.8, 4) is 16.9 Å². The predicted molar refractivity (Wildman–Crippen MR) is 93.1 cm³/mol. The van der Waals surface area contributed by atoms with E-state index in [-0.39, 0.29) is 11.5 Å². The number of aromatic amines is 1. The molecule has 2 aromatic heterocycles. The molecule has 2 N–H and O–H groups in total. The minimum absolute atomic E-state index is 0.0447. The summed E-state index contributed by atoms with van der Waals surface area (Å²) in [5, 5.41) is 10.4. The smallest absolute Gasteiger partial charge is 0.195 e. The van der Waals surface area contributed by atoms with E-state index in [1.54, 1.807) is 42.7 Å². The molecule has 0 radical (unpaired) electrons. The Labute approximate surface area is 138 Å². The van der Waals surface area contributed by atoms with Gasteiger partial charge in [-0.15, -0.1) is 0 Å². The van der Waals surface area contributed by atoms with Gasteiger partial charge in [-0.05, 0) is 23.8 Å². The van der Waals surface area contributed by atoms with E-state index in [4.69, 9.17) is 0 Å². The number of pyridine rings is 1. The number of nitrogens with zero attached hydrogens (tertiary/aromatic N) is 1. The minimum atomic E-state index is -0.0447. The van der Waals surface area contributed by atoms with Crippen LogP contribution in [-0.4, -0.2) is 20.9 Å². The van der Waals surface area contributed by atoms with Crippen LogP contribution in [0.25, 0.3) is 22.2 Å². The van der Waals surface area contributed by atoms with Crippen LogP contribution in [-0.2, 0) is 0 Å². The highest BCUT2D eigenvalue weighted by Crippen LogP contribution is 2.27. The molecule has 0 saturated heterocycles. The second-order valence-electron chi connectivity index (χ2n) is 5.57. The number of rotatable bonds is 3. The maximum Gasteiger partial charge on any atom is 0.195 e. The molecule has 0 atom stereocenters. The normalized spacial score (nSPS) is 10.8. The van der Waals surface area contributed by atoms with Gasteiger partial charge in [-0.25, -0.2) is 4.98 Å². The Morgan fingerprint density at radius 1 is 0.958 bits per heavy atom. The quantitative estimate of drug-likeness (QED) is 0.558. The fourth-order valence-electron chi connectivity index (χ4n) is 2.78. The monoisotopic (exact) mass is 314 g/mol. The first kappa shape index (κ1) is 14.2. The zero-order valence-electron chi connectivity index (χ0n) is 12.7. The first-order valence-electron chi connectivity index (χ1n) is 7.58. The summed E-state index contributed by atoms with van der Waals surface area (Å²) >= 11 is 0. The van der Waals surface area contributed by atoms with Gasteiger partial charge in [0.15, 0.2) is 5.78 Å². The van der Waals surface area contributed by atoms with Gasteiger partial charge in [-0.2, -0.15) is 0 Å². The van der Waals surface area contributed by atoms with E-state index in [1.807, 2.05) is 30.3 Å². The van der Waals surface area contributed by atoms with Crippen LogP contribution in [0.2, 0.25) is 0 Å². The average molecular weight is 314 g/mol. The number of aromatic hydroxyl groups is 1. The summed E-state index contributed by atoms with van der Waals surface area (Å²) in [6.07, 6.45) is 3.42. The molecule has 0 bridgehead atoms. The summed E-state index contributed by atoms with van der Waals surface area (Å²) in [6.45, 7) is 0. The molecule has 2 aromatic carbocycles. The number of H-pyrrole nitrogens is 1. The van der Waals surface area contributed by atoms with Gasteiger partial charge in [0.1, 0.15) is 11.4 Å². The molecule has 4 aromatic rings. The Bertz CT molecular complexity index is 1040. The lowest BCUT2D eigenvalue weighted by Gasteiger charge is -2.04. The molecule has 4 rings (SSSR count). The Morgan fingerprint density at radius 2 is 1.79 bits per heavy atom. The third-order valence-electron chi connectivity index (χ3n) is 3.99.